The van der Waals surface area contributed by atoms with Gasteiger partial charge >= 0.3 is 0 Å². The molecule has 0 spiro atoms. The molecule has 0 aliphatic heterocycles. The van der Waals surface area contributed by atoms with Gasteiger partial charge in [0.25, 0.3) is 5.91 Å². The number of carbonyl (C=O) groups excluding carboxylic acids is 1. The summed E-state index contributed by atoms with van der Waals surface area (Å²) in [6.07, 6.45) is 0. The summed E-state index contributed by atoms with van der Waals surface area (Å²) in [6, 6.07) is 4.29. The minimum absolute atomic E-state index is 0.0228. The lowest BCUT2D eigenvalue weighted by atomic mass is 9.93. The van der Waals surface area contributed by atoms with Gasteiger partial charge in [-0.25, -0.2) is 4.39 Å². The molecule has 1 aromatic heterocycles. The highest BCUT2D eigenvalue weighted by atomic mass is 79.9. The van der Waals surface area contributed by atoms with Crippen molar-refractivity contribution in [1.82, 2.24) is 4.57 Å². The summed E-state index contributed by atoms with van der Waals surface area (Å²) in [5.41, 5.74) is 1.06. The highest BCUT2D eigenvalue weighted by molar-refractivity contribution is 9.10. The molecule has 1 amide bonds. The first-order valence-corrected chi connectivity index (χ1v) is 9.01. The number of thiazole rings is 1. The molecule has 0 fully saturated rings. The maximum Gasteiger partial charge on any atom is 0.282 e. The molecule has 23 heavy (non-hydrogen) atoms. The first-order valence-electron chi connectivity index (χ1n) is 7.40. The van der Waals surface area contributed by atoms with Gasteiger partial charge in [-0.3, -0.25) is 4.79 Å². The molecule has 0 radical (unpaired) electrons. The van der Waals surface area contributed by atoms with Gasteiger partial charge in [-0.2, -0.15) is 4.99 Å². The van der Waals surface area contributed by atoms with E-state index in [1.807, 2.05) is 18.4 Å². The standard InChI is InChI=1S/C17H20BrFN2OS/c1-6-21-10(2)14(17(3,4)5)23-16(21)20-15(22)12-9-11(18)7-8-13(12)19/h7-9H,6H2,1-5H3/b20-16-. The van der Waals surface area contributed by atoms with E-state index in [-0.39, 0.29) is 11.0 Å². The normalized spacial score (nSPS) is 12.7. The molecule has 0 bridgehead atoms. The molecule has 3 nitrogen and oxygen atoms in total. The predicted molar refractivity (Wildman–Crippen MR) is 95.4 cm³/mol. The molecule has 0 saturated carbocycles. The summed E-state index contributed by atoms with van der Waals surface area (Å²) in [5, 5.41) is 0. The summed E-state index contributed by atoms with van der Waals surface area (Å²) in [4.78, 5) is 18.4. The lowest BCUT2D eigenvalue weighted by molar-refractivity contribution is 0.0994. The third kappa shape index (κ3) is 3.80. The average Bonchev–Trinajstić information content (AvgIpc) is 2.77. The van der Waals surface area contributed by atoms with Crippen LogP contribution in [0.25, 0.3) is 0 Å². The quantitative estimate of drug-likeness (QED) is 0.713. The summed E-state index contributed by atoms with van der Waals surface area (Å²) in [5.74, 6) is -1.12. The van der Waals surface area contributed by atoms with Crippen molar-refractivity contribution in [3.63, 3.8) is 0 Å². The van der Waals surface area contributed by atoms with Gasteiger partial charge in [-0.15, -0.1) is 11.3 Å². The first kappa shape index (κ1) is 18.1. The van der Waals surface area contributed by atoms with Crippen molar-refractivity contribution in [2.75, 3.05) is 0 Å². The lowest BCUT2D eigenvalue weighted by Crippen LogP contribution is -2.18. The summed E-state index contributed by atoms with van der Waals surface area (Å²) >= 11 is 4.75. The molecule has 0 aliphatic rings. The number of hydrogen-bond acceptors (Lipinski definition) is 2. The average molecular weight is 399 g/mol. The van der Waals surface area contributed by atoms with E-state index in [4.69, 9.17) is 0 Å². The smallest absolute Gasteiger partial charge is 0.282 e. The number of amides is 1. The molecule has 6 heteroatoms. The lowest BCUT2D eigenvalue weighted by Gasteiger charge is -2.17. The van der Waals surface area contributed by atoms with Crippen LogP contribution in [-0.4, -0.2) is 10.5 Å². The Hall–Kier alpha value is -1.27. The Morgan fingerprint density at radius 3 is 2.61 bits per heavy atom. The highest BCUT2D eigenvalue weighted by Crippen LogP contribution is 2.28. The van der Waals surface area contributed by atoms with Crippen LogP contribution in [0.2, 0.25) is 0 Å². The van der Waals surface area contributed by atoms with Crippen LogP contribution in [0.5, 0.6) is 0 Å². The Kier molecular flexibility index (Phi) is 5.26. The van der Waals surface area contributed by atoms with Crippen LogP contribution in [0.3, 0.4) is 0 Å². The van der Waals surface area contributed by atoms with Gasteiger partial charge in [0, 0.05) is 21.6 Å². The molecule has 0 atom stereocenters. The number of carbonyl (C=O) groups is 1. The Balaban J connectivity index is 2.59. The zero-order valence-corrected chi connectivity index (χ0v) is 16.3. The van der Waals surface area contributed by atoms with Crippen molar-refractivity contribution in [2.24, 2.45) is 4.99 Å². The van der Waals surface area contributed by atoms with E-state index >= 15 is 0 Å². The Labute approximate surface area is 148 Å². The van der Waals surface area contributed by atoms with Crippen molar-refractivity contribution in [3.8, 4) is 0 Å². The molecule has 2 aromatic rings. The van der Waals surface area contributed by atoms with Crippen molar-refractivity contribution in [3.05, 3.63) is 49.4 Å². The zero-order chi connectivity index (χ0) is 17.4. The number of nitrogens with zero attached hydrogens (tertiary/aromatic N) is 2. The van der Waals surface area contributed by atoms with Crippen LogP contribution in [-0.2, 0) is 12.0 Å². The zero-order valence-electron chi connectivity index (χ0n) is 13.9. The maximum atomic E-state index is 13.9. The second-order valence-corrected chi connectivity index (χ2v) is 8.23. The fraction of sp³-hybridized carbons (Fsp3) is 0.412. The third-order valence-corrected chi connectivity index (χ3v) is 5.61. The fourth-order valence-corrected chi connectivity index (χ4v) is 4.06. The molecule has 0 aliphatic carbocycles. The Morgan fingerprint density at radius 2 is 2.04 bits per heavy atom. The third-order valence-electron chi connectivity index (χ3n) is 3.51. The van der Waals surface area contributed by atoms with E-state index in [0.717, 1.165) is 5.69 Å². The second-order valence-electron chi connectivity index (χ2n) is 6.33. The van der Waals surface area contributed by atoms with Crippen LogP contribution in [0.15, 0.2) is 27.7 Å². The molecule has 1 heterocycles. The van der Waals surface area contributed by atoms with Gasteiger partial charge < -0.3 is 4.57 Å². The predicted octanol–water partition coefficient (Wildman–Crippen LogP) is 4.82. The summed E-state index contributed by atoms with van der Waals surface area (Å²) in [6.45, 7) is 11.1. The minimum Gasteiger partial charge on any atom is -0.321 e. The summed E-state index contributed by atoms with van der Waals surface area (Å²) < 4.78 is 16.5. The number of rotatable bonds is 2. The number of benzene rings is 1. The molecule has 0 saturated heterocycles. The van der Waals surface area contributed by atoms with Gasteiger partial charge in [0.1, 0.15) is 5.82 Å². The van der Waals surface area contributed by atoms with Crippen LogP contribution in [0.1, 0.15) is 48.6 Å². The van der Waals surface area contributed by atoms with Gasteiger partial charge in [0.15, 0.2) is 4.80 Å². The number of aromatic nitrogens is 1. The molecule has 2 rings (SSSR count). The first-order chi connectivity index (χ1) is 10.6. The van der Waals surface area contributed by atoms with Crippen LogP contribution >= 0.6 is 27.3 Å². The molecular formula is C17H20BrFN2OS. The van der Waals surface area contributed by atoms with Gasteiger partial charge in [-0.05, 0) is 37.5 Å². The van der Waals surface area contributed by atoms with Crippen molar-refractivity contribution < 1.29 is 9.18 Å². The monoisotopic (exact) mass is 398 g/mol. The fourth-order valence-electron chi connectivity index (χ4n) is 2.45. The van der Waals surface area contributed by atoms with E-state index < -0.39 is 11.7 Å². The maximum absolute atomic E-state index is 13.9. The van der Waals surface area contributed by atoms with Crippen LogP contribution in [0, 0.1) is 12.7 Å². The molecular weight excluding hydrogens is 379 g/mol. The number of halogens is 2. The van der Waals surface area contributed by atoms with E-state index in [9.17, 15) is 9.18 Å². The Morgan fingerprint density at radius 1 is 1.39 bits per heavy atom. The largest absolute Gasteiger partial charge is 0.321 e. The van der Waals surface area contributed by atoms with Crippen LogP contribution < -0.4 is 4.80 Å². The number of hydrogen-bond donors (Lipinski definition) is 0. The second kappa shape index (κ2) is 6.69. The van der Waals surface area contributed by atoms with E-state index in [1.54, 1.807) is 6.07 Å². The molecule has 0 unspecified atom stereocenters. The van der Waals surface area contributed by atoms with Gasteiger partial charge in [-0.1, -0.05) is 36.7 Å². The van der Waals surface area contributed by atoms with Crippen molar-refractivity contribution in [1.29, 1.82) is 0 Å². The minimum atomic E-state index is -0.562. The van der Waals surface area contributed by atoms with Crippen molar-refractivity contribution >= 4 is 33.2 Å². The van der Waals surface area contributed by atoms with Crippen molar-refractivity contribution in [2.45, 2.75) is 46.6 Å². The SMILES string of the molecule is CCn1c(C)c(C(C)(C)C)s/c1=N\C(=O)c1cc(Br)ccc1F. The van der Waals surface area contributed by atoms with E-state index in [2.05, 4.69) is 41.7 Å². The van der Waals surface area contributed by atoms with Gasteiger partial charge in [0.2, 0.25) is 0 Å². The topological polar surface area (TPSA) is 34.4 Å². The van der Waals surface area contributed by atoms with E-state index in [1.165, 1.54) is 28.3 Å². The molecule has 124 valence electrons. The molecule has 0 N–H and O–H groups in total. The van der Waals surface area contributed by atoms with Crippen LogP contribution in [0.4, 0.5) is 4.39 Å². The molecule has 1 aromatic carbocycles. The highest BCUT2D eigenvalue weighted by Gasteiger charge is 2.22. The van der Waals surface area contributed by atoms with Gasteiger partial charge in [0.05, 0.1) is 5.56 Å². The Bertz CT molecular complexity index is 815. The van der Waals surface area contributed by atoms with E-state index in [0.29, 0.717) is 15.8 Å². The summed E-state index contributed by atoms with van der Waals surface area (Å²) in [7, 11) is 0.